The van der Waals surface area contributed by atoms with Crippen LogP contribution >= 0.6 is 0 Å². The highest BCUT2D eigenvalue weighted by atomic mass is 19.3. The molecular weight excluding hydrogens is 374 g/mol. The largest absolute Gasteiger partial charge is 0.394 e. The number of nitrogens with zero attached hydrogens (tertiary/aromatic N) is 2. The maximum absolute atomic E-state index is 13.3. The van der Waals surface area contributed by atoms with Crippen molar-refractivity contribution in [1.82, 2.24) is 15.3 Å². The number of benzene rings is 1. The molecule has 28 heavy (non-hydrogen) atoms. The molecule has 0 fully saturated rings. The van der Waals surface area contributed by atoms with E-state index in [4.69, 9.17) is 10.8 Å². The predicted octanol–water partition coefficient (Wildman–Crippen LogP) is 0.590. The Morgan fingerprint density at radius 3 is 2.61 bits per heavy atom. The molecule has 1 aromatic heterocycles. The third-order valence-electron chi connectivity index (χ3n) is 4.28. The lowest BCUT2D eigenvalue weighted by molar-refractivity contribution is -0.129. The number of hydrogen-bond acceptors (Lipinski definition) is 7. The molecule has 0 unspecified atom stereocenters. The highest BCUT2D eigenvalue weighted by Crippen LogP contribution is 2.32. The number of nitrogens with two attached hydrogens (primary N) is 1. The summed E-state index contributed by atoms with van der Waals surface area (Å²) in [5.74, 6) is -0.790. The van der Waals surface area contributed by atoms with Crippen molar-refractivity contribution < 1.29 is 28.9 Å². The molecule has 1 aromatic carbocycles. The van der Waals surface area contributed by atoms with Crippen molar-refractivity contribution in [2.24, 2.45) is 0 Å². The van der Waals surface area contributed by atoms with Crippen LogP contribution in [0.4, 0.5) is 14.6 Å². The third-order valence-corrected chi connectivity index (χ3v) is 4.28. The van der Waals surface area contributed by atoms with Gasteiger partial charge in [-0.2, -0.15) is 0 Å². The van der Waals surface area contributed by atoms with Crippen molar-refractivity contribution >= 4 is 11.7 Å². The molecule has 2 atom stereocenters. The summed E-state index contributed by atoms with van der Waals surface area (Å²) in [4.78, 5) is 20.4. The number of rotatable bonds is 7. The van der Waals surface area contributed by atoms with Crippen molar-refractivity contribution in [2.75, 3.05) is 18.9 Å². The Hall–Kier alpha value is -2.69. The lowest BCUT2D eigenvalue weighted by Gasteiger charge is -2.26. The van der Waals surface area contributed by atoms with Crippen LogP contribution in [0, 0.1) is 6.92 Å². The minimum atomic E-state index is -3.22. The fourth-order valence-corrected chi connectivity index (χ4v) is 2.49. The van der Waals surface area contributed by atoms with Gasteiger partial charge in [0, 0.05) is 11.6 Å². The SMILES string of the molecule is Cc1ccc([C@](O)(CO)C(F)F)cc1-c1cnc(N)c(C(=O)N[C@@H](C)CO)n1. The number of alkyl halides is 2. The number of aryl methyl sites for hydroxylation is 1. The lowest BCUT2D eigenvalue weighted by Crippen LogP contribution is -2.38. The number of anilines is 1. The molecular formula is C18H22F2N4O4. The predicted molar refractivity (Wildman–Crippen MR) is 97.6 cm³/mol. The minimum Gasteiger partial charge on any atom is -0.394 e. The smallest absolute Gasteiger partial charge is 0.274 e. The number of carbonyl (C=O) groups excluding carboxylic acids is 1. The minimum absolute atomic E-state index is 0.139. The van der Waals surface area contributed by atoms with E-state index in [1.807, 2.05) is 0 Å². The first-order valence-corrected chi connectivity index (χ1v) is 8.41. The van der Waals surface area contributed by atoms with Crippen LogP contribution in [0.1, 0.15) is 28.5 Å². The van der Waals surface area contributed by atoms with Gasteiger partial charge in [-0.05, 0) is 31.0 Å². The summed E-state index contributed by atoms with van der Waals surface area (Å²) in [5, 5.41) is 30.9. The number of nitrogens with one attached hydrogen (secondary N) is 1. The molecule has 0 aliphatic carbocycles. The van der Waals surface area contributed by atoms with Crippen LogP contribution in [-0.4, -0.2) is 56.9 Å². The normalized spacial score (nSPS) is 14.6. The second-order valence-electron chi connectivity index (χ2n) is 6.46. The van der Waals surface area contributed by atoms with Crippen LogP contribution in [0.2, 0.25) is 0 Å². The fourth-order valence-electron chi connectivity index (χ4n) is 2.49. The van der Waals surface area contributed by atoms with Gasteiger partial charge in [0.25, 0.3) is 12.3 Å². The van der Waals surface area contributed by atoms with Gasteiger partial charge in [0.1, 0.15) is 0 Å². The van der Waals surface area contributed by atoms with Crippen LogP contribution in [0.25, 0.3) is 11.3 Å². The second-order valence-corrected chi connectivity index (χ2v) is 6.46. The van der Waals surface area contributed by atoms with Crippen molar-refractivity contribution in [3.05, 3.63) is 41.2 Å². The summed E-state index contributed by atoms with van der Waals surface area (Å²) in [6.07, 6.45) is -1.94. The van der Waals surface area contributed by atoms with Gasteiger partial charge >= 0.3 is 0 Å². The maximum atomic E-state index is 13.3. The Morgan fingerprint density at radius 2 is 2.04 bits per heavy atom. The fraction of sp³-hybridized carbons (Fsp3) is 0.389. The number of aliphatic hydroxyl groups excluding tert-OH is 2. The Balaban J connectivity index is 2.52. The van der Waals surface area contributed by atoms with Crippen molar-refractivity contribution in [3.8, 4) is 11.3 Å². The highest BCUT2D eigenvalue weighted by molar-refractivity contribution is 5.97. The van der Waals surface area contributed by atoms with E-state index in [-0.39, 0.29) is 29.4 Å². The third kappa shape index (κ3) is 4.24. The molecule has 0 radical (unpaired) electrons. The monoisotopic (exact) mass is 396 g/mol. The summed E-state index contributed by atoms with van der Waals surface area (Å²) in [6, 6.07) is 3.49. The first-order valence-electron chi connectivity index (χ1n) is 8.41. The maximum Gasteiger partial charge on any atom is 0.274 e. The quantitative estimate of drug-likeness (QED) is 0.461. The van der Waals surface area contributed by atoms with E-state index in [9.17, 15) is 23.8 Å². The Kier molecular flexibility index (Phi) is 6.60. The van der Waals surface area contributed by atoms with Crippen molar-refractivity contribution in [2.45, 2.75) is 31.9 Å². The molecule has 0 saturated heterocycles. The van der Waals surface area contributed by atoms with E-state index < -0.39 is 30.6 Å². The summed E-state index contributed by atoms with van der Waals surface area (Å²) in [6.45, 7) is 1.81. The highest BCUT2D eigenvalue weighted by Gasteiger charge is 2.39. The van der Waals surface area contributed by atoms with E-state index in [0.29, 0.717) is 11.1 Å². The molecule has 2 rings (SSSR count). The number of aliphatic hydroxyl groups is 3. The molecule has 0 spiro atoms. The zero-order valence-electron chi connectivity index (χ0n) is 15.4. The number of carbonyl (C=O) groups is 1. The van der Waals surface area contributed by atoms with E-state index >= 15 is 0 Å². The molecule has 0 aliphatic rings. The van der Waals surface area contributed by atoms with E-state index in [0.717, 1.165) is 0 Å². The summed E-state index contributed by atoms with van der Waals surface area (Å²) in [5.41, 5.74) is 3.71. The summed E-state index contributed by atoms with van der Waals surface area (Å²) in [7, 11) is 0. The standard InChI is InChI=1S/C18H22F2N4O4/c1-9-3-4-11(18(28,8-26)17(19)20)5-12(9)13-6-22-15(21)14(24-13)16(27)23-10(2)7-25/h3-6,10,17,25-26,28H,7-8H2,1-2H3,(H2,21,22)(H,23,27)/t10-,18+/m0/s1. The molecule has 0 bridgehead atoms. The molecule has 6 N–H and O–H groups in total. The van der Waals surface area contributed by atoms with E-state index in [2.05, 4.69) is 15.3 Å². The average Bonchev–Trinajstić information content (AvgIpc) is 2.67. The molecule has 8 nitrogen and oxygen atoms in total. The topological polar surface area (TPSA) is 142 Å². The number of amides is 1. The van der Waals surface area contributed by atoms with Crippen LogP contribution in [0.15, 0.2) is 24.4 Å². The molecule has 2 aromatic rings. The van der Waals surface area contributed by atoms with Crippen molar-refractivity contribution in [1.29, 1.82) is 0 Å². The van der Waals surface area contributed by atoms with Crippen LogP contribution in [-0.2, 0) is 5.60 Å². The Bertz CT molecular complexity index is 865. The van der Waals surface area contributed by atoms with E-state index in [1.54, 1.807) is 13.8 Å². The van der Waals surface area contributed by atoms with Crippen LogP contribution < -0.4 is 11.1 Å². The van der Waals surface area contributed by atoms with Gasteiger partial charge in [-0.25, -0.2) is 18.7 Å². The van der Waals surface area contributed by atoms with Crippen LogP contribution in [0.3, 0.4) is 0 Å². The number of aromatic nitrogens is 2. The Morgan fingerprint density at radius 1 is 1.36 bits per heavy atom. The number of halogens is 2. The lowest BCUT2D eigenvalue weighted by atomic mass is 9.91. The van der Waals surface area contributed by atoms with Gasteiger partial charge < -0.3 is 26.4 Å². The molecule has 1 heterocycles. The van der Waals surface area contributed by atoms with Crippen molar-refractivity contribution in [3.63, 3.8) is 0 Å². The van der Waals surface area contributed by atoms with Gasteiger partial charge in [-0.15, -0.1) is 0 Å². The number of hydrogen-bond donors (Lipinski definition) is 5. The van der Waals surface area contributed by atoms with Gasteiger partial charge in [0.05, 0.1) is 25.1 Å². The molecule has 10 heteroatoms. The van der Waals surface area contributed by atoms with E-state index in [1.165, 1.54) is 24.4 Å². The zero-order valence-corrected chi connectivity index (χ0v) is 15.4. The average molecular weight is 396 g/mol. The van der Waals surface area contributed by atoms with Gasteiger partial charge in [0.2, 0.25) is 0 Å². The van der Waals surface area contributed by atoms with Gasteiger partial charge in [0.15, 0.2) is 17.1 Å². The molecule has 0 saturated carbocycles. The molecule has 1 amide bonds. The summed E-state index contributed by atoms with van der Waals surface area (Å²) >= 11 is 0. The van der Waals surface area contributed by atoms with Gasteiger partial charge in [-0.3, -0.25) is 4.79 Å². The zero-order chi connectivity index (χ0) is 21.1. The van der Waals surface area contributed by atoms with Gasteiger partial charge in [-0.1, -0.05) is 12.1 Å². The Labute approximate surface area is 160 Å². The van der Waals surface area contributed by atoms with Crippen LogP contribution in [0.5, 0.6) is 0 Å². The first-order chi connectivity index (χ1) is 13.1. The molecule has 152 valence electrons. The molecule has 0 aliphatic heterocycles. The second kappa shape index (κ2) is 8.55. The summed E-state index contributed by atoms with van der Waals surface area (Å²) < 4.78 is 26.5. The number of nitrogen functional groups attached to an aromatic ring is 1. The first kappa shape index (κ1) is 21.6.